The summed E-state index contributed by atoms with van der Waals surface area (Å²) in [5.41, 5.74) is 0. The Bertz CT molecular complexity index is 222. The normalized spacial score (nSPS) is 20.9. The van der Waals surface area contributed by atoms with Gasteiger partial charge in [0.15, 0.2) is 0 Å². The summed E-state index contributed by atoms with van der Waals surface area (Å²) in [6.07, 6.45) is 23.6. The summed E-state index contributed by atoms with van der Waals surface area (Å²) in [5, 5.41) is 0. The highest BCUT2D eigenvalue weighted by molar-refractivity contribution is 4.85. The SMILES string of the molecule is CCCCCCCCCCN(C1CCCC1)C1CCCC1. The molecule has 2 aliphatic rings. The van der Waals surface area contributed by atoms with Gasteiger partial charge in [0.2, 0.25) is 0 Å². The molecule has 0 spiro atoms. The van der Waals surface area contributed by atoms with Gasteiger partial charge in [-0.05, 0) is 38.6 Å². The van der Waals surface area contributed by atoms with Gasteiger partial charge in [-0.2, -0.15) is 0 Å². The van der Waals surface area contributed by atoms with Crippen molar-refractivity contribution >= 4 is 0 Å². The third-order valence-electron chi connectivity index (χ3n) is 5.86. The molecule has 0 aromatic carbocycles. The van der Waals surface area contributed by atoms with Crippen LogP contribution >= 0.6 is 0 Å². The zero-order valence-corrected chi connectivity index (χ0v) is 14.6. The van der Waals surface area contributed by atoms with E-state index in [1.54, 1.807) is 0 Å². The van der Waals surface area contributed by atoms with Crippen molar-refractivity contribution in [3.63, 3.8) is 0 Å². The maximum Gasteiger partial charge on any atom is 0.00981 e. The van der Waals surface area contributed by atoms with Crippen LogP contribution in [0.4, 0.5) is 0 Å². The Balaban J connectivity index is 1.58. The van der Waals surface area contributed by atoms with E-state index in [0.717, 1.165) is 12.1 Å². The van der Waals surface area contributed by atoms with Crippen molar-refractivity contribution < 1.29 is 0 Å². The number of unbranched alkanes of at least 4 members (excludes halogenated alkanes) is 7. The lowest BCUT2D eigenvalue weighted by atomic mass is 10.1. The highest BCUT2D eigenvalue weighted by Gasteiger charge is 2.29. The van der Waals surface area contributed by atoms with Gasteiger partial charge >= 0.3 is 0 Å². The molecule has 0 amide bonds. The molecule has 2 aliphatic carbocycles. The van der Waals surface area contributed by atoms with Crippen molar-refractivity contribution in [2.24, 2.45) is 0 Å². The second-order valence-corrected chi connectivity index (χ2v) is 7.59. The van der Waals surface area contributed by atoms with Gasteiger partial charge in [0.25, 0.3) is 0 Å². The first-order chi connectivity index (χ1) is 10.4. The van der Waals surface area contributed by atoms with Gasteiger partial charge in [-0.3, -0.25) is 4.90 Å². The Morgan fingerprint density at radius 1 is 0.619 bits per heavy atom. The third kappa shape index (κ3) is 6.30. The average molecular weight is 294 g/mol. The van der Waals surface area contributed by atoms with E-state index in [9.17, 15) is 0 Å². The van der Waals surface area contributed by atoms with Crippen LogP contribution in [0.1, 0.15) is 110 Å². The molecule has 0 atom stereocenters. The summed E-state index contributed by atoms with van der Waals surface area (Å²) in [6, 6.07) is 1.91. The minimum Gasteiger partial charge on any atom is -0.297 e. The van der Waals surface area contributed by atoms with Crippen LogP contribution in [-0.4, -0.2) is 23.5 Å². The molecule has 2 fully saturated rings. The maximum atomic E-state index is 2.96. The zero-order valence-electron chi connectivity index (χ0n) is 14.6. The fraction of sp³-hybridized carbons (Fsp3) is 1.00. The molecule has 0 unspecified atom stereocenters. The molecule has 2 rings (SSSR count). The largest absolute Gasteiger partial charge is 0.297 e. The molecule has 0 heterocycles. The molecule has 0 bridgehead atoms. The summed E-state index contributed by atoms with van der Waals surface area (Å²) in [4.78, 5) is 2.96. The van der Waals surface area contributed by atoms with Gasteiger partial charge in [-0.25, -0.2) is 0 Å². The molecular formula is C20H39N. The Morgan fingerprint density at radius 3 is 1.52 bits per heavy atom. The first kappa shape index (κ1) is 17.3. The quantitative estimate of drug-likeness (QED) is 0.403. The van der Waals surface area contributed by atoms with E-state index in [1.807, 2.05) is 0 Å². The lowest BCUT2D eigenvalue weighted by Gasteiger charge is -2.34. The fourth-order valence-electron chi connectivity index (χ4n) is 4.56. The molecule has 2 saturated carbocycles. The highest BCUT2D eigenvalue weighted by atomic mass is 15.2. The summed E-state index contributed by atoms with van der Waals surface area (Å²) < 4.78 is 0. The predicted molar refractivity (Wildman–Crippen MR) is 93.8 cm³/mol. The summed E-state index contributed by atoms with van der Waals surface area (Å²) in [6.45, 7) is 3.71. The molecule has 0 aliphatic heterocycles. The van der Waals surface area contributed by atoms with Crippen LogP contribution in [0.15, 0.2) is 0 Å². The zero-order chi connectivity index (χ0) is 14.8. The maximum absolute atomic E-state index is 2.96. The van der Waals surface area contributed by atoms with Gasteiger partial charge in [0.1, 0.15) is 0 Å². The van der Waals surface area contributed by atoms with Gasteiger partial charge in [0.05, 0.1) is 0 Å². The van der Waals surface area contributed by atoms with E-state index in [4.69, 9.17) is 0 Å². The van der Waals surface area contributed by atoms with Crippen LogP contribution in [0, 0.1) is 0 Å². The van der Waals surface area contributed by atoms with Crippen molar-refractivity contribution in [2.45, 2.75) is 122 Å². The van der Waals surface area contributed by atoms with E-state index in [-0.39, 0.29) is 0 Å². The number of hydrogen-bond donors (Lipinski definition) is 0. The molecule has 124 valence electrons. The standard InChI is InChI=1S/C20H39N/c1-2-3-4-5-6-7-8-13-18-21(19-14-9-10-15-19)20-16-11-12-17-20/h19-20H,2-18H2,1H3. The smallest absolute Gasteiger partial charge is 0.00981 e. The van der Waals surface area contributed by atoms with Crippen LogP contribution in [0.25, 0.3) is 0 Å². The van der Waals surface area contributed by atoms with Crippen molar-refractivity contribution in [3.05, 3.63) is 0 Å². The van der Waals surface area contributed by atoms with Gasteiger partial charge < -0.3 is 0 Å². The van der Waals surface area contributed by atoms with E-state index in [0.29, 0.717) is 0 Å². The molecular weight excluding hydrogens is 254 g/mol. The Morgan fingerprint density at radius 2 is 1.05 bits per heavy atom. The van der Waals surface area contributed by atoms with Crippen molar-refractivity contribution in [1.29, 1.82) is 0 Å². The molecule has 0 N–H and O–H groups in total. The highest BCUT2D eigenvalue weighted by Crippen LogP contribution is 2.31. The summed E-state index contributed by atoms with van der Waals surface area (Å²) in [5.74, 6) is 0. The minimum absolute atomic E-state index is 0.956. The van der Waals surface area contributed by atoms with E-state index < -0.39 is 0 Å². The molecule has 1 nitrogen and oxygen atoms in total. The molecule has 1 heteroatoms. The van der Waals surface area contributed by atoms with Crippen LogP contribution in [0.2, 0.25) is 0 Å². The molecule has 0 aromatic heterocycles. The molecule has 0 aromatic rings. The van der Waals surface area contributed by atoms with Gasteiger partial charge in [-0.15, -0.1) is 0 Å². The number of rotatable bonds is 11. The van der Waals surface area contributed by atoms with E-state index in [1.165, 1.54) is 109 Å². The summed E-state index contributed by atoms with van der Waals surface area (Å²) >= 11 is 0. The van der Waals surface area contributed by atoms with Crippen LogP contribution in [0.5, 0.6) is 0 Å². The van der Waals surface area contributed by atoms with E-state index >= 15 is 0 Å². The van der Waals surface area contributed by atoms with Crippen LogP contribution < -0.4 is 0 Å². The van der Waals surface area contributed by atoms with Crippen LogP contribution in [-0.2, 0) is 0 Å². The Hall–Kier alpha value is -0.0400. The fourth-order valence-corrected chi connectivity index (χ4v) is 4.56. The monoisotopic (exact) mass is 293 g/mol. The first-order valence-electron chi connectivity index (χ1n) is 10.2. The van der Waals surface area contributed by atoms with Crippen molar-refractivity contribution in [2.75, 3.05) is 6.54 Å². The second kappa shape index (κ2) is 10.6. The van der Waals surface area contributed by atoms with Gasteiger partial charge in [-0.1, -0.05) is 77.6 Å². The Labute approximate surface area is 133 Å². The van der Waals surface area contributed by atoms with E-state index in [2.05, 4.69) is 11.8 Å². The first-order valence-corrected chi connectivity index (χ1v) is 10.2. The average Bonchev–Trinajstić information content (AvgIpc) is 3.19. The summed E-state index contributed by atoms with van der Waals surface area (Å²) in [7, 11) is 0. The molecule has 0 radical (unpaired) electrons. The minimum atomic E-state index is 0.956. The Kier molecular flexibility index (Phi) is 8.78. The van der Waals surface area contributed by atoms with Crippen molar-refractivity contribution in [1.82, 2.24) is 4.90 Å². The molecule has 21 heavy (non-hydrogen) atoms. The predicted octanol–water partition coefficient (Wildman–Crippen LogP) is 6.31. The lowest BCUT2D eigenvalue weighted by molar-refractivity contribution is 0.134. The molecule has 0 saturated heterocycles. The number of hydrogen-bond acceptors (Lipinski definition) is 1. The van der Waals surface area contributed by atoms with Crippen LogP contribution in [0.3, 0.4) is 0 Å². The lowest BCUT2D eigenvalue weighted by Crippen LogP contribution is -2.41. The third-order valence-corrected chi connectivity index (χ3v) is 5.86. The van der Waals surface area contributed by atoms with Gasteiger partial charge in [0, 0.05) is 12.1 Å². The topological polar surface area (TPSA) is 3.24 Å². The second-order valence-electron chi connectivity index (χ2n) is 7.59. The number of nitrogens with zero attached hydrogens (tertiary/aromatic N) is 1. The van der Waals surface area contributed by atoms with Crippen molar-refractivity contribution in [3.8, 4) is 0 Å².